The molecule has 0 amide bonds. The highest BCUT2D eigenvalue weighted by molar-refractivity contribution is 5.66. The minimum atomic E-state index is -0.674. The molecule has 2 N–H and O–H groups in total. The number of rotatable bonds is 48. The number of carboxylic acid groups (broad SMARTS) is 2. The smallest absolute Gasteiger partial charge is 0.303 e. The Hall–Kier alpha value is -1.66. The number of hydrogen-bond acceptors (Lipinski definition) is 2. The second-order valence-electron chi connectivity index (χ2n) is 20.1. The van der Waals surface area contributed by atoms with Gasteiger partial charge in [-0.3, -0.25) is 9.59 Å². The first-order valence-corrected chi connectivity index (χ1v) is 29.4. The molecule has 0 spiro atoms. The van der Waals surface area contributed by atoms with Crippen molar-refractivity contribution in [1.82, 2.24) is 0 Å². The molecule has 0 aromatic heterocycles. The summed E-state index contributed by atoms with van der Waals surface area (Å²) < 4.78 is 2.86. The summed E-state index contributed by atoms with van der Waals surface area (Å²) in [6, 6.07) is 0. The van der Waals surface area contributed by atoms with Crippen LogP contribution < -0.4 is 0 Å². The number of aliphatic carboxylic acids is 2. The molecule has 6 heteroatoms. The summed E-state index contributed by atoms with van der Waals surface area (Å²) in [5.74, 6) is -1.35. The average molecular weight is 938 g/mol. The van der Waals surface area contributed by atoms with Crippen molar-refractivity contribution in [2.24, 2.45) is 0 Å². The zero-order valence-corrected chi connectivity index (χ0v) is 46.7. The van der Waals surface area contributed by atoms with Crippen molar-refractivity contribution >= 4 is 11.9 Å². The molecule has 0 fully saturated rings. The quantitative estimate of drug-likeness (QED) is 0.0362. The summed E-state index contributed by atoms with van der Waals surface area (Å²) in [6.07, 6.45) is 51.2. The van der Waals surface area contributed by atoms with E-state index < -0.39 is 11.9 Å². The van der Waals surface area contributed by atoms with Crippen molar-refractivity contribution in [3.63, 3.8) is 0 Å². The minimum Gasteiger partial charge on any atom is -0.481 e. The normalized spacial score (nSPS) is 11.2. The first-order chi connectivity index (χ1) is 32.0. The predicted molar refractivity (Wildman–Crippen MR) is 296 cm³/mol. The molecule has 0 aromatic rings. The number of nitrogens with zero attached hydrogens (tertiary/aromatic N) is 2. The van der Waals surface area contributed by atoms with Gasteiger partial charge in [-0.25, -0.2) is 0 Å². The Morgan fingerprint density at radius 2 is 0.500 bits per heavy atom. The van der Waals surface area contributed by atoms with E-state index in [2.05, 4.69) is 68.5 Å². The van der Waals surface area contributed by atoms with Gasteiger partial charge in [0.2, 0.25) is 0 Å². The third kappa shape index (κ3) is 56.7. The molecule has 0 aromatic carbocycles. The Balaban J connectivity index is -0.000000397. The van der Waals surface area contributed by atoms with Crippen molar-refractivity contribution < 1.29 is 28.8 Å². The van der Waals surface area contributed by atoms with Crippen LogP contribution in [-0.2, 0) is 9.59 Å². The Morgan fingerprint density at radius 1 is 0.303 bits per heavy atom. The number of allylic oxidation sites excluding steroid dienone is 2. The average Bonchev–Trinajstić information content (AvgIpc) is 3.31. The van der Waals surface area contributed by atoms with E-state index in [0.29, 0.717) is 12.8 Å². The predicted octanol–water partition coefficient (Wildman–Crippen LogP) is 19.1. The largest absolute Gasteiger partial charge is 0.481 e. The fourth-order valence-corrected chi connectivity index (χ4v) is 8.95. The van der Waals surface area contributed by atoms with Crippen LogP contribution >= 0.6 is 0 Å². The Morgan fingerprint density at radius 3 is 0.742 bits per heavy atom. The highest BCUT2D eigenvalue weighted by atomic mass is 16.4. The zero-order valence-electron chi connectivity index (χ0n) is 46.7. The van der Waals surface area contributed by atoms with Gasteiger partial charge in [0.05, 0.1) is 52.4 Å². The molecule has 0 saturated heterocycles. The summed E-state index contributed by atoms with van der Waals surface area (Å²) >= 11 is 0. The molecule has 66 heavy (non-hydrogen) atoms. The lowest BCUT2D eigenvalue weighted by Crippen LogP contribution is -2.50. The number of carboxylic acids is 2. The van der Waals surface area contributed by atoms with Gasteiger partial charge >= 0.3 is 11.9 Å². The second-order valence-corrected chi connectivity index (χ2v) is 20.1. The highest BCUT2D eigenvalue weighted by Crippen LogP contribution is 2.19. The lowest BCUT2D eigenvalue weighted by Gasteiger charge is -2.39. The van der Waals surface area contributed by atoms with E-state index in [4.69, 9.17) is 10.2 Å². The maximum Gasteiger partial charge on any atom is 0.303 e. The molecule has 0 atom stereocenters. The maximum absolute atomic E-state index is 10.2. The monoisotopic (exact) mass is 937 g/mol. The van der Waals surface area contributed by atoms with Crippen LogP contribution in [0.1, 0.15) is 299 Å². The first-order valence-electron chi connectivity index (χ1n) is 29.4. The second kappa shape index (κ2) is 59.5. The molecule has 396 valence electrons. The first kappa shape index (κ1) is 70.9. The van der Waals surface area contributed by atoms with Gasteiger partial charge in [0.1, 0.15) is 0 Å². The molecular formula is C60H124N2O4+2. The Labute approximate surface area is 416 Å². The number of quaternary nitrogens is 2. The van der Waals surface area contributed by atoms with E-state index in [1.165, 1.54) is 254 Å². The van der Waals surface area contributed by atoms with E-state index >= 15 is 0 Å². The molecule has 0 unspecified atom stereocenters. The van der Waals surface area contributed by atoms with Gasteiger partial charge in [-0.1, -0.05) is 196 Å². The molecule has 0 rings (SSSR count). The molecular weight excluding hydrogens is 813 g/mol. The summed E-state index contributed by atoms with van der Waals surface area (Å²) in [5.41, 5.74) is 0. The summed E-state index contributed by atoms with van der Waals surface area (Å²) in [4.78, 5) is 20.3. The molecule has 0 heterocycles. The van der Waals surface area contributed by atoms with Crippen molar-refractivity contribution in [3.05, 3.63) is 25.3 Å². The van der Waals surface area contributed by atoms with Crippen LogP contribution in [0.2, 0.25) is 0 Å². The zero-order chi connectivity index (χ0) is 50.1. The summed E-state index contributed by atoms with van der Waals surface area (Å²) in [6.45, 7) is 37.5. The van der Waals surface area contributed by atoms with Crippen molar-refractivity contribution in [2.75, 3.05) is 52.4 Å². The number of carbonyl (C=O) groups is 2. The van der Waals surface area contributed by atoms with E-state index in [1.54, 1.807) is 0 Å². The minimum absolute atomic E-state index is 0.326. The fourth-order valence-electron chi connectivity index (χ4n) is 8.95. The van der Waals surface area contributed by atoms with Gasteiger partial charge < -0.3 is 19.2 Å². The molecule has 0 bridgehead atoms. The van der Waals surface area contributed by atoms with Gasteiger partial charge in [0, 0.05) is 12.8 Å². The van der Waals surface area contributed by atoms with E-state index in [0.717, 1.165) is 38.5 Å². The van der Waals surface area contributed by atoms with Crippen LogP contribution in [0.3, 0.4) is 0 Å². The molecule has 6 nitrogen and oxygen atoms in total. The molecule has 0 aliphatic heterocycles. The Bertz CT molecular complexity index is 891. The molecule has 0 aliphatic carbocycles. The van der Waals surface area contributed by atoms with Crippen LogP contribution in [0.15, 0.2) is 25.3 Å². The lowest BCUT2D eigenvalue weighted by molar-refractivity contribution is -0.929. The number of hydrogen-bond donors (Lipinski definition) is 2. The Kier molecular flexibility index (Phi) is 63.9. The fraction of sp³-hybridized carbons (Fsp3) is 0.900. The van der Waals surface area contributed by atoms with E-state index in [9.17, 15) is 9.59 Å². The maximum atomic E-state index is 10.2. The van der Waals surface area contributed by atoms with Crippen LogP contribution in [-0.4, -0.2) is 83.5 Å². The molecule has 0 saturated carbocycles. The molecule has 0 radical (unpaired) electrons. The number of unbranched alkanes of at least 4 members (excludes halogenated alkanes) is 26. The van der Waals surface area contributed by atoms with Crippen LogP contribution in [0.25, 0.3) is 0 Å². The summed E-state index contributed by atoms with van der Waals surface area (Å²) in [7, 11) is 0. The van der Waals surface area contributed by atoms with Gasteiger partial charge in [-0.05, 0) is 103 Å². The van der Waals surface area contributed by atoms with Gasteiger partial charge in [0.25, 0.3) is 0 Å². The van der Waals surface area contributed by atoms with Crippen molar-refractivity contribution in [2.45, 2.75) is 299 Å². The van der Waals surface area contributed by atoms with Gasteiger partial charge in [0.15, 0.2) is 0 Å². The standard InChI is InChI=1S/C20H44N.C18H40N.2C11H20O2/c1-5-9-13-14-15-16-20-21(17-10-6-2,18-11-7-3)19-12-8-4;1-5-9-13-14-18-19(15-10-6-2,16-11-7-3)17-12-8-4;2*1-2-3-4-5-6-7-8-9-10-11(12)13/h5-20H2,1-4H3;5-18H2,1-4H3;2*2H,1,3-10H2,(H,12,13)/q2*+1;;. The van der Waals surface area contributed by atoms with Crippen molar-refractivity contribution in [3.8, 4) is 0 Å². The molecule has 0 aliphatic rings. The third-order valence-corrected chi connectivity index (χ3v) is 13.5. The van der Waals surface area contributed by atoms with Crippen molar-refractivity contribution in [1.29, 1.82) is 0 Å². The lowest BCUT2D eigenvalue weighted by atomic mass is 10.1. The van der Waals surface area contributed by atoms with Gasteiger partial charge in [-0.15, -0.1) is 13.2 Å². The topological polar surface area (TPSA) is 74.6 Å². The van der Waals surface area contributed by atoms with Gasteiger partial charge in [-0.2, -0.15) is 0 Å². The van der Waals surface area contributed by atoms with Crippen LogP contribution in [0.4, 0.5) is 0 Å². The van der Waals surface area contributed by atoms with Crippen LogP contribution in [0.5, 0.6) is 0 Å². The third-order valence-electron chi connectivity index (χ3n) is 13.5. The SMILES string of the molecule is C=CCCCCCCCCC(=O)O.C=CCCCCCCCCC(=O)O.CCCCCCCC[N+](CCCC)(CCCC)CCCC.CCCCCC[N+](CCCC)(CCCC)CCCC. The van der Waals surface area contributed by atoms with Crippen LogP contribution in [0, 0.1) is 0 Å². The van der Waals surface area contributed by atoms with E-state index in [1.807, 2.05) is 12.2 Å². The highest BCUT2D eigenvalue weighted by Gasteiger charge is 2.26. The van der Waals surface area contributed by atoms with E-state index in [-0.39, 0.29) is 0 Å². The summed E-state index contributed by atoms with van der Waals surface area (Å²) in [5, 5.41) is 16.8.